The standard InChI is InChI=1S/C14H14O4S3/c15-20(16,11-13-7-3-1-4-8-13)19-21(17,18)12-14-9-5-2-6-10-14/h1-10H,11-12H2. The fraction of sp³-hybridized carbons (Fsp3) is 0.143. The van der Waals surface area contributed by atoms with Crippen molar-refractivity contribution in [2.75, 3.05) is 0 Å². The van der Waals surface area contributed by atoms with Gasteiger partial charge in [0.05, 0.1) is 21.3 Å². The monoisotopic (exact) mass is 342 g/mol. The molecule has 0 bridgehead atoms. The zero-order valence-corrected chi connectivity index (χ0v) is 13.5. The van der Waals surface area contributed by atoms with Crippen molar-refractivity contribution >= 4 is 27.6 Å². The maximum Gasteiger partial charge on any atom is 0.220 e. The molecule has 0 heterocycles. The summed E-state index contributed by atoms with van der Waals surface area (Å²) in [6.45, 7) is 0. The lowest BCUT2D eigenvalue weighted by atomic mass is 10.2. The maximum atomic E-state index is 12.0. The van der Waals surface area contributed by atoms with Gasteiger partial charge in [0, 0.05) is 0 Å². The van der Waals surface area contributed by atoms with Gasteiger partial charge < -0.3 is 0 Å². The van der Waals surface area contributed by atoms with E-state index in [-0.39, 0.29) is 21.3 Å². The third-order valence-corrected chi connectivity index (χ3v) is 10.1. The van der Waals surface area contributed by atoms with Crippen LogP contribution in [-0.2, 0) is 29.2 Å². The van der Waals surface area contributed by atoms with Gasteiger partial charge in [-0.3, -0.25) is 0 Å². The highest BCUT2D eigenvalue weighted by Crippen LogP contribution is 2.27. The average molecular weight is 342 g/mol. The lowest BCUT2D eigenvalue weighted by Crippen LogP contribution is -2.06. The van der Waals surface area contributed by atoms with Gasteiger partial charge in [0.1, 0.15) is 0 Å². The molecule has 0 spiro atoms. The summed E-state index contributed by atoms with van der Waals surface area (Å²) in [6.07, 6.45) is 0. The average Bonchev–Trinajstić information content (AvgIpc) is 2.38. The highest BCUT2D eigenvalue weighted by atomic mass is 33.5. The van der Waals surface area contributed by atoms with Crippen LogP contribution >= 0.6 is 9.83 Å². The van der Waals surface area contributed by atoms with Crippen molar-refractivity contribution in [1.29, 1.82) is 0 Å². The van der Waals surface area contributed by atoms with Gasteiger partial charge in [-0.1, -0.05) is 60.7 Å². The first kappa shape index (κ1) is 16.1. The van der Waals surface area contributed by atoms with E-state index >= 15 is 0 Å². The first-order valence-electron chi connectivity index (χ1n) is 6.11. The minimum Gasteiger partial charge on any atom is -0.216 e. The summed E-state index contributed by atoms with van der Waals surface area (Å²) in [5.74, 6) is -0.598. The lowest BCUT2D eigenvalue weighted by Gasteiger charge is -2.05. The van der Waals surface area contributed by atoms with Crippen molar-refractivity contribution in [2.45, 2.75) is 11.5 Å². The van der Waals surface area contributed by atoms with Crippen LogP contribution in [0, 0.1) is 0 Å². The molecule has 0 aliphatic heterocycles. The van der Waals surface area contributed by atoms with Crippen molar-refractivity contribution in [3.05, 3.63) is 71.8 Å². The molecule has 2 aromatic rings. The van der Waals surface area contributed by atoms with Crippen molar-refractivity contribution in [2.24, 2.45) is 0 Å². The second-order valence-corrected chi connectivity index (χ2v) is 12.1. The molecule has 2 aromatic carbocycles. The summed E-state index contributed by atoms with van der Waals surface area (Å²) >= 11 is 0. The topological polar surface area (TPSA) is 68.3 Å². The van der Waals surface area contributed by atoms with Gasteiger partial charge in [-0.05, 0) is 11.1 Å². The van der Waals surface area contributed by atoms with Crippen LogP contribution in [0.5, 0.6) is 0 Å². The van der Waals surface area contributed by atoms with Gasteiger partial charge in [0.25, 0.3) is 0 Å². The Balaban J connectivity index is 2.09. The summed E-state index contributed by atoms with van der Waals surface area (Å²) < 4.78 is 48.0. The van der Waals surface area contributed by atoms with E-state index < -0.39 is 17.7 Å². The molecule has 0 atom stereocenters. The van der Waals surface area contributed by atoms with Crippen LogP contribution in [0.3, 0.4) is 0 Å². The summed E-state index contributed by atoms with van der Waals surface area (Å²) in [7, 11) is -7.53. The summed E-state index contributed by atoms with van der Waals surface area (Å²) in [5, 5.41) is 0. The second kappa shape index (κ2) is 6.64. The van der Waals surface area contributed by atoms with E-state index in [2.05, 4.69) is 0 Å². The van der Waals surface area contributed by atoms with Gasteiger partial charge >= 0.3 is 0 Å². The molecule has 0 fully saturated rings. The zero-order chi connectivity index (χ0) is 15.3. The quantitative estimate of drug-likeness (QED) is 0.755. The molecule has 0 amide bonds. The third-order valence-electron chi connectivity index (χ3n) is 2.58. The molecule has 112 valence electrons. The Morgan fingerprint density at radius 1 is 0.619 bits per heavy atom. The van der Waals surface area contributed by atoms with Crippen LogP contribution in [0.1, 0.15) is 11.1 Å². The Bertz CT molecular complexity index is 713. The smallest absolute Gasteiger partial charge is 0.216 e. The fourth-order valence-electron chi connectivity index (χ4n) is 1.76. The number of hydrogen-bond donors (Lipinski definition) is 0. The van der Waals surface area contributed by atoms with E-state index in [4.69, 9.17) is 0 Å². The van der Waals surface area contributed by atoms with E-state index in [1.165, 1.54) is 0 Å². The van der Waals surface area contributed by atoms with Crippen molar-refractivity contribution in [1.82, 2.24) is 0 Å². The molecule has 0 aliphatic rings. The van der Waals surface area contributed by atoms with Gasteiger partial charge in [0.2, 0.25) is 17.7 Å². The van der Waals surface area contributed by atoms with Crippen molar-refractivity contribution in [3.63, 3.8) is 0 Å². The Morgan fingerprint density at radius 3 is 1.29 bits per heavy atom. The summed E-state index contributed by atoms with van der Waals surface area (Å²) in [5.41, 5.74) is 1.14. The normalized spacial score (nSPS) is 12.2. The molecule has 7 heteroatoms. The highest BCUT2D eigenvalue weighted by molar-refractivity contribution is 9.03. The summed E-state index contributed by atoms with van der Waals surface area (Å²) in [4.78, 5) is 0. The molecule has 0 saturated heterocycles. The number of rotatable bonds is 6. The molecule has 21 heavy (non-hydrogen) atoms. The molecule has 2 rings (SSSR count). The Hall–Kier alpha value is -1.31. The largest absolute Gasteiger partial charge is 0.220 e. The predicted molar refractivity (Wildman–Crippen MR) is 85.7 cm³/mol. The SMILES string of the molecule is O=S(=O)(Cc1ccccc1)SS(=O)(=O)Cc1ccccc1. The first-order valence-corrected chi connectivity index (χ1v) is 11.3. The Morgan fingerprint density at radius 2 is 0.952 bits per heavy atom. The minimum absolute atomic E-state index is 0.0383. The molecule has 4 nitrogen and oxygen atoms in total. The van der Waals surface area contributed by atoms with Crippen LogP contribution in [0.2, 0.25) is 0 Å². The molecule has 0 saturated carbocycles. The first-order chi connectivity index (χ1) is 9.86. The molecule has 0 aromatic heterocycles. The highest BCUT2D eigenvalue weighted by Gasteiger charge is 2.24. The maximum absolute atomic E-state index is 12.0. The van der Waals surface area contributed by atoms with Crippen LogP contribution in [0.15, 0.2) is 60.7 Å². The predicted octanol–water partition coefficient (Wildman–Crippen LogP) is 2.78. The van der Waals surface area contributed by atoms with E-state index in [0.29, 0.717) is 11.1 Å². The van der Waals surface area contributed by atoms with Crippen LogP contribution in [-0.4, -0.2) is 16.8 Å². The minimum atomic E-state index is -3.78. The lowest BCUT2D eigenvalue weighted by molar-refractivity contribution is 0.608. The van der Waals surface area contributed by atoms with E-state index in [1.54, 1.807) is 60.7 Å². The number of benzene rings is 2. The van der Waals surface area contributed by atoms with Gasteiger partial charge in [0.15, 0.2) is 0 Å². The fourth-order valence-corrected chi connectivity index (χ4v) is 9.14. The molecular weight excluding hydrogens is 328 g/mol. The van der Waals surface area contributed by atoms with Crippen molar-refractivity contribution < 1.29 is 16.8 Å². The van der Waals surface area contributed by atoms with E-state index in [9.17, 15) is 16.8 Å². The van der Waals surface area contributed by atoms with E-state index in [0.717, 1.165) is 0 Å². The molecule has 0 aliphatic carbocycles. The Labute approximate surface area is 127 Å². The van der Waals surface area contributed by atoms with Gasteiger partial charge in [-0.25, -0.2) is 16.8 Å². The van der Waals surface area contributed by atoms with Crippen LogP contribution < -0.4 is 0 Å². The second-order valence-electron chi connectivity index (χ2n) is 4.44. The Kier molecular flexibility index (Phi) is 5.08. The molecular formula is C14H14O4S3. The van der Waals surface area contributed by atoms with Gasteiger partial charge in [-0.2, -0.15) is 0 Å². The number of hydrogen-bond acceptors (Lipinski definition) is 5. The molecule has 0 N–H and O–H groups in total. The van der Waals surface area contributed by atoms with E-state index in [1.807, 2.05) is 0 Å². The zero-order valence-electron chi connectivity index (χ0n) is 11.0. The van der Waals surface area contributed by atoms with Gasteiger partial charge in [-0.15, -0.1) is 0 Å². The molecule has 0 radical (unpaired) electrons. The molecule has 0 unspecified atom stereocenters. The van der Waals surface area contributed by atoms with Crippen LogP contribution in [0.4, 0.5) is 0 Å². The third kappa shape index (κ3) is 5.53. The van der Waals surface area contributed by atoms with Crippen LogP contribution in [0.25, 0.3) is 0 Å². The van der Waals surface area contributed by atoms with Crippen molar-refractivity contribution in [3.8, 4) is 0 Å². The summed E-state index contributed by atoms with van der Waals surface area (Å²) in [6, 6.07) is 17.0.